The van der Waals surface area contributed by atoms with Gasteiger partial charge in [-0.1, -0.05) is 0 Å². The Balaban J connectivity index is 2.21. The maximum absolute atomic E-state index is 10.9. The number of halogens is 1. The molecule has 0 bridgehead atoms. The van der Waals surface area contributed by atoms with Crippen LogP contribution < -0.4 is 15.2 Å². The molecule has 7 nitrogen and oxygen atoms in total. The zero-order chi connectivity index (χ0) is 13.8. The largest absolute Gasteiger partial charge is 0.467 e. The lowest BCUT2D eigenvalue weighted by Gasteiger charge is -2.05. The SMILES string of the molecule is COc1nc(Cl)nc(Oc2ccc(C(N)=O)cc2)n1. The summed E-state index contributed by atoms with van der Waals surface area (Å²) in [5.74, 6) is -0.0919. The minimum absolute atomic E-state index is 0.0105. The molecule has 0 aliphatic heterocycles. The lowest BCUT2D eigenvalue weighted by Crippen LogP contribution is -2.10. The fraction of sp³-hybridized carbons (Fsp3) is 0.0909. The number of nitrogens with two attached hydrogens (primary N) is 1. The lowest BCUT2D eigenvalue weighted by molar-refractivity contribution is 0.100. The van der Waals surface area contributed by atoms with Crippen molar-refractivity contribution in [2.24, 2.45) is 5.73 Å². The van der Waals surface area contributed by atoms with Crippen molar-refractivity contribution in [3.8, 4) is 17.8 Å². The Labute approximate surface area is 113 Å². The van der Waals surface area contributed by atoms with Crippen LogP contribution in [0.5, 0.6) is 17.8 Å². The van der Waals surface area contributed by atoms with E-state index in [1.807, 2.05) is 0 Å². The summed E-state index contributed by atoms with van der Waals surface area (Å²) in [7, 11) is 1.40. The van der Waals surface area contributed by atoms with Gasteiger partial charge in [0.05, 0.1) is 7.11 Å². The predicted octanol–water partition coefficient (Wildman–Crippen LogP) is 1.42. The number of hydrogen-bond acceptors (Lipinski definition) is 6. The molecular formula is C11H9ClN4O3. The van der Waals surface area contributed by atoms with Gasteiger partial charge in [0, 0.05) is 5.56 Å². The number of rotatable bonds is 4. The number of nitrogens with zero attached hydrogens (tertiary/aromatic N) is 3. The van der Waals surface area contributed by atoms with Crippen LogP contribution in [0, 0.1) is 0 Å². The second-order valence-electron chi connectivity index (χ2n) is 3.36. The van der Waals surface area contributed by atoms with Gasteiger partial charge in [0.1, 0.15) is 5.75 Å². The van der Waals surface area contributed by atoms with Crippen LogP contribution in [0.25, 0.3) is 0 Å². The topological polar surface area (TPSA) is 100 Å². The average molecular weight is 281 g/mol. The van der Waals surface area contributed by atoms with Crippen LogP contribution in [-0.4, -0.2) is 28.0 Å². The van der Waals surface area contributed by atoms with Gasteiger partial charge >= 0.3 is 12.0 Å². The summed E-state index contributed by atoms with van der Waals surface area (Å²) in [5.41, 5.74) is 5.50. The number of carbonyl (C=O) groups is 1. The Kier molecular flexibility index (Phi) is 3.76. The monoisotopic (exact) mass is 280 g/mol. The zero-order valence-corrected chi connectivity index (χ0v) is 10.6. The summed E-state index contributed by atoms with van der Waals surface area (Å²) >= 11 is 5.68. The van der Waals surface area contributed by atoms with Crippen molar-refractivity contribution in [1.82, 2.24) is 15.0 Å². The molecule has 0 fully saturated rings. The molecule has 2 aromatic rings. The van der Waals surface area contributed by atoms with Gasteiger partial charge in [-0.05, 0) is 35.9 Å². The van der Waals surface area contributed by atoms with Crippen LogP contribution in [0.15, 0.2) is 24.3 Å². The number of methoxy groups -OCH3 is 1. The van der Waals surface area contributed by atoms with Crippen LogP contribution in [0.4, 0.5) is 0 Å². The van der Waals surface area contributed by atoms with Gasteiger partial charge in [-0.15, -0.1) is 4.98 Å². The number of amides is 1. The quantitative estimate of drug-likeness (QED) is 0.909. The van der Waals surface area contributed by atoms with Crippen molar-refractivity contribution >= 4 is 17.5 Å². The van der Waals surface area contributed by atoms with Crippen LogP contribution in [0.3, 0.4) is 0 Å². The standard InChI is InChI=1S/C11H9ClN4O3/c1-18-10-14-9(12)15-11(16-10)19-7-4-2-6(3-5-7)8(13)17/h2-5H,1H3,(H2,13,17). The molecule has 0 saturated heterocycles. The van der Waals surface area contributed by atoms with E-state index in [0.717, 1.165) is 0 Å². The minimum Gasteiger partial charge on any atom is -0.467 e. The molecule has 98 valence electrons. The molecule has 1 heterocycles. The van der Waals surface area contributed by atoms with Crippen molar-refractivity contribution in [3.05, 3.63) is 35.1 Å². The smallest absolute Gasteiger partial charge is 0.329 e. The van der Waals surface area contributed by atoms with Crippen molar-refractivity contribution in [1.29, 1.82) is 0 Å². The van der Waals surface area contributed by atoms with E-state index in [1.165, 1.54) is 19.2 Å². The lowest BCUT2D eigenvalue weighted by atomic mass is 10.2. The summed E-state index contributed by atoms with van der Waals surface area (Å²) in [6.45, 7) is 0. The Morgan fingerprint density at radius 3 is 2.37 bits per heavy atom. The first-order valence-electron chi connectivity index (χ1n) is 5.12. The summed E-state index contributed by atoms with van der Waals surface area (Å²) < 4.78 is 10.2. The van der Waals surface area contributed by atoms with Crippen molar-refractivity contribution in [2.75, 3.05) is 7.11 Å². The van der Waals surface area contributed by atoms with Gasteiger partial charge in [0.25, 0.3) is 0 Å². The summed E-state index contributed by atoms with van der Waals surface area (Å²) in [6.07, 6.45) is 0. The minimum atomic E-state index is -0.517. The van der Waals surface area contributed by atoms with E-state index in [2.05, 4.69) is 15.0 Å². The molecular weight excluding hydrogens is 272 g/mol. The number of hydrogen-bond donors (Lipinski definition) is 1. The highest BCUT2D eigenvalue weighted by Crippen LogP contribution is 2.20. The second kappa shape index (κ2) is 5.49. The first kappa shape index (κ1) is 13.0. The molecule has 8 heteroatoms. The number of carbonyl (C=O) groups excluding carboxylic acids is 1. The van der Waals surface area contributed by atoms with Gasteiger partial charge in [0.2, 0.25) is 11.2 Å². The van der Waals surface area contributed by atoms with E-state index in [4.69, 9.17) is 26.8 Å². The number of benzene rings is 1. The normalized spacial score (nSPS) is 10.0. The molecule has 1 aromatic carbocycles. The van der Waals surface area contributed by atoms with Gasteiger partial charge in [-0.3, -0.25) is 4.79 Å². The predicted molar refractivity (Wildman–Crippen MR) is 66.4 cm³/mol. The van der Waals surface area contributed by atoms with Gasteiger partial charge < -0.3 is 15.2 Å². The Morgan fingerprint density at radius 1 is 1.16 bits per heavy atom. The third-order valence-electron chi connectivity index (χ3n) is 2.10. The van der Waals surface area contributed by atoms with Gasteiger partial charge in [-0.2, -0.15) is 9.97 Å². The molecule has 0 atom stereocenters. The highest BCUT2D eigenvalue weighted by atomic mass is 35.5. The third-order valence-corrected chi connectivity index (χ3v) is 2.27. The zero-order valence-electron chi connectivity index (χ0n) is 9.83. The summed E-state index contributed by atoms with van der Waals surface area (Å²) in [6, 6.07) is 6.21. The van der Waals surface area contributed by atoms with Crippen LogP contribution in [-0.2, 0) is 0 Å². The van der Waals surface area contributed by atoms with Crippen LogP contribution in [0.2, 0.25) is 5.28 Å². The molecule has 0 unspecified atom stereocenters. The van der Waals surface area contributed by atoms with E-state index in [-0.39, 0.29) is 17.3 Å². The first-order chi connectivity index (χ1) is 9.08. The number of primary amides is 1. The average Bonchev–Trinajstić information content (AvgIpc) is 2.38. The highest BCUT2D eigenvalue weighted by molar-refractivity contribution is 6.28. The van der Waals surface area contributed by atoms with E-state index in [0.29, 0.717) is 11.3 Å². The van der Waals surface area contributed by atoms with E-state index >= 15 is 0 Å². The molecule has 0 saturated carbocycles. The van der Waals surface area contributed by atoms with E-state index < -0.39 is 5.91 Å². The van der Waals surface area contributed by atoms with Gasteiger partial charge in [0.15, 0.2) is 0 Å². The van der Waals surface area contributed by atoms with Gasteiger partial charge in [-0.25, -0.2) is 0 Å². The maximum Gasteiger partial charge on any atom is 0.329 e. The Bertz CT molecular complexity index is 603. The fourth-order valence-corrected chi connectivity index (χ4v) is 1.39. The highest BCUT2D eigenvalue weighted by Gasteiger charge is 2.08. The second-order valence-corrected chi connectivity index (χ2v) is 3.70. The molecule has 0 spiro atoms. The fourth-order valence-electron chi connectivity index (χ4n) is 1.24. The number of aromatic nitrogens is 3. The molecule has 0 radical (unpaired) electrons. The van der Waals surface area contributed by atoms with E-state index in [1.54, 1.807) is 12.1 Å². The number of ether oxygens (including phenoxy) is 2. The molecule has 1 amide bonds. The molecule has 19 heavy (non-hydrogen) atoms. The first-order valence-corrected chi connectivity index (χ1v) is 5.49. The van der Waals surface area contributed by atoms with Crippen LogP contribution >= 0.6 is 11.6 Å². The summed E-state index contributed by atoms with van der Waals surface area (Å²) in [5, 5.41) is -0.0457. The Morgan fingerprint density at radius 2 is 1.79 bits per heavy atom. The summed E-state index contributed by atoms with van der Waals surface area (Å²) in [4.78, 5) is 22.3. The third kappa shape index (κ3) is 3.29. The molecule has 0 aliphatic carbocycles. The maximum atomic E-state index is 10.9. The molecule has 0 aliphatic rings. The van der Waals surface area contributed by atoms with Crippen molar-refractivity contribution in [2.45, 2.75) is 0 Å². The van der Waals surface area contributed by atoms with Crippen molar-refractivity contribution in [3.63, 3.8) is 0 Å². The van der Waals surface area contributed by atoms with Crippen molar-refractivity contribution < 1.29 is 14.3 Å². The van der Waals surface area contributed by atoms with Crippen LogP contribution in [0.1, 0.15) is 10.4 Å². The molecule has 1 aromatic heterocycles. The molecule has 2 N–H and O–H groups in total. The molecule has 2 rings (SSSR count). The Hall–Kier alpha value is -2.41. The van der Waals surface area contributed by atoms with E-state index in [9.17, 15) is 4.79 Å².